The summed E-state index contributed by atoms with van der Waals surface area (Å²) in [6.07, 6.45) is 3.60. The van der Waals surface area contributed by atoms with E-state index in [4.69, 9.17) is 4.98 Å². The third-order valence-electron chi connectivity index (χ3n) is 4.22. The lowest BCUT2D eigenvalue weighted by Gasteiger charge is -2.04. The summed E-state index contributed by atoms with van der Waals surface area (Å²) in [6.45, 7) is 0. The zero-order valence-electron chi connectivity index (χ0n) is 14.3. The maximum absolute atomic E-state index is 4.76. The highest BCUT2D eigenvalue weighted by Crippen LogP contribution is 2.30. The van der Waals surface area contributed by atoms with Crippen LogP contribution >= 0.6 is 11.3 Å². The molecule has 6 heteroatoms. The van der Waals surface area contributed by atoms with Gasteiger partial charge in [0.1, 0.15) is 5.01 Å². The van der Waals surface area contributed by atoms with Crippen molar-refractivity contribution < 1.29 is 0 Å². The largest absolute Gasteiger partial charge is 0.326 e. The highest BCUT2D eigenvalue weighted by molar-refractivity contribution is 7.13. The van der Waals surface area contributed by atoms with Gasteiger partial charge in [-0.3, -0.25) is 4.98 Å². The molecule has 0 amide bonds. The van der Waals surface area contributed by atoms with E-state index in [1.54, 1.807) is 17.5 Å². The molecule has 3 heterocycles. The molecular weight excluding hydrogens is 354 g/mol. The zero-order chi connectivity index (χ0) is 18.1. The van der Waals surface area contributed by atoms with Crippen LogP contribution in [0.25, 0.3) is 32.9 Å². The van der Waals surface area contributed by atoms with Crippen LogP contribution in [-0.2, 0) is 0 Å². The Morgan fingerprint density at radius 3 is 2.70 bits per heavy atom. The molecule has 0 aliphatic rings. The molecule has 0 spiro atoms. The van der Waals surface area contributed by atoms with Crippen LogP contribution in [0.1, 0.15) is 0 Å². The number of para-hydroxylation sites is 2. The number of rotatable bonds is 4. The van der Waals surface area contributed by atoms with Gasteiger partial charge >= 0.3 is 0 Å². The summed E-state index contributed by atoms with van der Waals surface area (Å²) in [6, 6.07) is 20.1. The zero-order valence-corrected chi connectivity index (χ0v) is 15.1. The normalized spacial score (nSPS) is 11.0. The van der Waals surface area contributed by atoms with E-state index >= 15 is 0 Å². The van der Waals surface area contributed by atoms with Crippen LogP contribution in [0, 0.1) is 0 Å². The smallest absolute Gasteiger partial charge is 0.205 e. The van der Waals surface area contributed by atoms with E-state index in [2.05, 4.69) is 37.8 Å². The topological polar surface area (TPSA) is 66.5 Å². The van der Waals surface area contributed by atoms with Crippen molar-refractivity contribution in [3.8, 4) is 21.8 Å². The van der Waals surface area contributed by atoms with Gasteiger partial charge in [-0.15, -0.1) is 11.3 Å². The molecule has 0 atom stereocenters. The van der Waals surface area contributed by atoms with Gasteiger partial charge in [0, 0.05) is 34.6 Å². The summed E-state index contributed by atoms with van der Waals surface area (Å²) >= 11 is 1.62. The van der Waals surface area contributed by atoms with Crippen molar-refractivity contribution in [3.63, 3.8) is 0 Å². The lowest BCUT2D eigenvalue weighted by atomic mass is 10.1. The predicted octanol–water partition coefficient (Wildman–Crippen LogP) is 5.49. The number of aromatic nitrogens is 4. The lowest BCUT2D eigenvalue weighted by Crippen LogP contribution is -1.92. The first-order valence-corrected chi connectivity index (χ1v) is 9.41. The van der Waals surface area contributed by atoms with Gasteiger partial charge in [0.15, 0.2) is 0 Å². The van der Waals surface area contributed by atoms with Gasteiger partial charge in [0.05, 0.1) is 16.7 Å². The number of nitrogens with one attached hydrogen (secondary N) is 2. The lowest BCUT2D eigenvalue weighted by molar-refractivity contribution is 1.30. The van der Waals surface area contributed by atoms with Gasteiger partial charge in [0.25, 0.3) is 0 Å². The average molecular weight is 369 g/mol. The Morgan fingerprint density at radius 2 is 1.81 bits per heavy atom. The van der Waals surface area contributed by atoms with E-state index < -0.39 is 0 Å². The second-order valence-electron chi connectivity index (χ2n) is 6.09. The van der Waals surface area contributed by atoms with Gasteiger partial charge in [-0.1, -0.05) is 24.3 Å². The van der Waals surface area contributed by atoms with E-state index in [-0.39, 0.29) is 0 Å². The summed E-state index contributed by atoms with van der Waals surface area (Å²) in [5.74, 6) is 0.725. The Kier molecular flexibility index (Phi) is 3.88. The van der Waals surface area contributed by atoms with Crippen LogP contribution in [0.4, 0.5) is 11.6 Å². The second kappa shape index (κ2) is 6.66. The molecule has 0 saturated heterocycles. The number of pyridine rings is 1. The second-order valence-corrected chi connectivity index (χ2v) is 6.95. The van der Waals surface area contributed by atoms with Crippen molar-refractivity contribution in [3.05, 3.63) is 78.4 Å². The number of fused-ring (bicyclic) bond motifs is 1. The Balaban J connectivity index is 1.43. The Labute approximate surface area is 159 Å². The summed E-state index contributed by atoms with van der Waals surface area (Å²) in [5, 5.41) is 6.38. The van der Waals surface area contributed by atoms with E-state index in [1.807, 2.05) is 54.7 Å². The van der Waals surface area contributed by atoms with Crippen molar-refractivity contribution in [2.24, 2.45) is 0 Å². The van der Waals surface area contributed by atoms with Crippen LogP contribution in [0.2, 0.25) is 0 Å². The fraction of sp³-hybridized carbons (Fsp3) is 0. The Morgan fingerprint density at radius 1 is 0.889 bits per heavy atom. The number of aromatic amines is 1. The van der Waals surface area contributed by atoms with Gasteiger partial charge < -0.3 is 10.3 Å². The molecule has 0 aliphatic carbocycles. The van der Waals surface area contributed by atoms with Crippen LogP contribution in [0.3, 0.4) is 0 Å². The molecule has 5 aromatic rings. The van der Waals surface area contributed by atoms with Gasteiger partial charge in [0.2, 0.25) is 5.95 Å². The van der Waals surface area contributed by atoms with E-state index in [9.17, 15) is 0 Å². The van der Waals surface area contributed by atoms with Crippen molar-refractivity contribution in [2.75, 3.05) is 5.32 Å². The maximum Gasteiger partial charge on any atom is 0.205 e. The number of H-pyrrole nitrogens is 1. The number of hydrogen-bond donors (Lipinski definition) is 2. The first-order chi connectivity index (χ1) is 13.3. The van der Waals surface area contributed by atoms with Crippen molar-refractivity contribution >= 4 is 34.0 Å². The molecule has 0 fully saturated rings. The fourth-order valence-electron chi connectivity index (χ4n) is 2.93. The highest BCUT2D eigenvalue weighted by Gasteiger charge is 2.08. The van der Waals surface area contributed by atoms with Crippen LogP contribution in [0.15, 0.2) is 78.4 Å². The summed E-state index contributed by atoms with van der Waals surface area (Å²) in [4.78, 5) is 16.8. The molecule has 130 valence electrons. The monoisotopic (exact) mass is 369 g/mol. The first-order valence-electron chi connectivity index (χ1n) is 8.53. The van der Waals surface area contributed by atoms with Crippen molar-refractivity contribution in [2.45, 2.75) is 0 Å². The molecule has 5 nitrogen and oxygen atoms in total. The average Bonchev–Trinajstić information content (AvgIpc) is 3.36. The molecule has 0 unspecified atom stereocenters. The molecular formula is C21H15N5S. The van der Waals surface area contributed by atoms with Gasteiger partial charge in [-0.05, 0) is 36.4 Å². The standard InChI is InChI=1S/C21H15N5S/c1-2-9-18-17(8-1)25-21(26-18)23-16-7-3-5-14(11-16)19-13-27-20(24-19)15-6-4-10-22-12-15/h1-13H,(H2,23,25,26). The SMILES string of the molecule is c1cc(Nc2nc3ccccc3[nH]2)cc(-c2csc(-c3cccnc3)n2)c1. The van der Waals surface area contributed by atoms with Gasteiger partial charge in [-0.2, -0.15) is 0 Å². The molecule has 0 aliphatic heterocycles. The third-order valence-corrected chi connectivity index (χ3v) is 5.11. The molecule has 2 aromatic carbocycles. The van der Waals surface area contributed by atoms with E-state index in [0.717, 1.165) is 44.5 Å². The van der Waals surface area contributed by atoms with Crippen LogP contribution < -0.4 is 5.32 Å². The minimum atomic E-state index is 0.725. The fourth-order valence-corrected chi connectivity index (χ4v) is 3.75. The van der Waals surface area contributed by atoms with Crippen molar-refractivity contribution in [1.82, 2.24) is 19.9 Å². The summed E-state index contributed by atoms with van der Waals surface area (Å²) in [7, 11) is 0. The molecule has 5 rings (SSSR count). The number of nitrogens with zero attached hydrogens (tertiary/aromatic N) is 3. The number of benzene rings is 2. The number of imidazole rings is 1. The summed E-state index contributed by atoms with van der Waals surface area (Å²) in [5.41, 5.74) is 5.95. The van der Waals surface area contributed by atoms with Gasteiger partial charge in [-0.25, -0.2) is 9.97 Å². The molecule has 2 N–H and O–H groups in total. The molecule has 3 aromatic heterocycles. The third kappa shape index (κ3) is 3.18. The first kappa shape index (κ1) is 15.7. The van der Waals surface area contributed by atoms with Crippen LogP contribution in [-0.4, -0.2) is 19.9 Å². The molecule has 27 heavy (non-hydrogen) atoms. The molecule has 0 bridgehead atoms. The minimum absolute atomic E-state index is 0.725. The predicted molar refractivity (Wildman–Crippen MR) is 110 cm³/mol. The highest BCUT2D eigenvalue weighted by atomic mass is 32.1. The van der Waals surface area contributed by atoms with E-state index in [1.165, 1.54) is 0 Å². The number of hydrogen-bond acceptors (Lipinski definition) is 5. The number of anilines is 2. The van der Waals surface area contributed by atoms with E-state index in [0.29, 0.717) is 0 Å². The summed E-state index contributed by atoms with van der Waals surface area (Å²) < 4.78 is 0. The Bertz CT molecular complexity index is 1180. The molecule has 0 saturated carbocycles. The quantitative estimate of drug-likeness (QED) is 0.439. The van der Waals surface area contributed by atoms with Crippen LogP contribution in [0.5, 0.6) is 0 Å². The maximum atomic E-state index is 4.76. The molecule has 0 radical (unpaired) electrons. The minimum Gasteiger partial charge on any atom is -0.326 e. The van der Waals surface area contributed by atoms with Crippen molar-refractivity contribution in [1.29, 1.82) is 0 Å². The Hall–Kier alpha value is -3.51. The number of thiazole rings is 1.